The van der Waals surface area contributed by atoms with Gasteiger partial charge in [0.25, 0.3) is 0 Å². The molecule has 7 heteroatoms. The van der Waals surface area contributed by atoms with Crippen LogP contribution < -0.4 is 15.4 Å². The van der Waals surface area contributed by atoms with E-state index in [1.54, 1.807) is 39.8 Å². The summed E-state index contributed by atoms with van der Waals surface area (Å²) in [4.78, 5) is 28.2. The van der Waals surface area contributed by atoms with E-state index in [2.05, 4.69) is 15.6 Å². The monoisotopic (exact) mass is 385 g/mol. The van der Waals surface area contributed by atoms with E-state index in [4.69, 9.17) is 9.47 Å². The van der Waals surface area contributed by atoms with Gasteiger partial charge in [-0.15, -0.1) is 0 Å². The van der Waals surface area contributed by atoms with E-state index in [-0.39, 0.29) is 5.91 Å². The molecule has 1 aromatic carbocycles. The summed E-state index contributed by atoms with van der Waals surface area (Å²) in [6, 6.07) is 8.39. The van der Waals surface area contributed by atoms with Crippen LogP contribution in [-0.4, -0.2) is 28.6 Å². The van der Waals surface area contributed by atoms with E-state index in [9.17, 15) is 9.59 Å². The molecule has 0 radical (unpaired) electrons. The van der Waals surface area contributed by atoms with Crippen molar-refractivity contribution in [3.63, 3.8) is 0 Å². The van der Waals surface area contributed by atoms with Gasteiger partial charge in [-0.1, -0.05) is 6.07 Å². The number of anilines is 1. The molecule has 0 aliphatic heterocycles. The predicted octanol–water partition coefficient (Wildman–Crippen LogP) is 4.34. The first-order chi connectivity index (χ1) is 13.0. The first-order valence-corrected chi connectivity index (χ1v) is 9.05. The van der Waals surface area contributed by atoms with Crippen LogP contribution in [0.2, 0.25) is 0 Å². The number of aryl methyl sites for hydroxylation is 2. The molecule has 2 aromatic rings. The highest BCUT2D eigenvalue weighted by Gasteiger charge is 2.21. The van der Waals surface area contributed by atoms with Gasteiger partial charge in [0.15, 0.2) is 0 Å². The normalized spacial score (nSPS) is 12.1. The third-order valence-corrected chi connectivity index (χ3v) is 3.83. The van der Waals surface area contributed by atoms with Crippen molar-refractivity contribution in [1.29, 1.82) is 0 Å². The molecule has 0 spiro atoms. The Hall–Kier alpha value is -3.09. The largest absolute Gasteiger partial charge is 0.444 e. The van der Waals surface area contributed by atoms with Gasteiger partial charge < -0.3 is 20.1 Å². The van der Waals surface area contributed by atoms with Crippen LogP contribution in [0.25, 0.3) is 0 Å². The molecule has 0 bridgehead atoms. The Morgan fingerprint density at radius 2 is 1.79 bits per heavy atom. The molecule has 28 heavy (non-hydrogen) atoms. The van der Waals surface area contributed by atoms with E-state index < -0.39 is 17.7 Å². The summed E-state index contributed by atoms with van der Waals surface area (Å²) < 4.78 is 10.9. The van der Waals surface area contributed by atoms with Crippen LogP contribution >= 0.6 is 0 Å². The number of rotatable bonds is 5. The quantitative estimate of drug-likeness (QED) is 0.799. The number of ether oxygens (including phenoxy) is 2. The fourth-order valence-corrected chi connectivity index (χ4v) is 2.21. The maximum Gasteiger partial charge on any atom is 0.408 e. The molecule has 1 aromatic heterocycles. The second kappa shape index (κ2) is 8.73. The second-order valence-electron chi connectivity index (χ2n) is 7.59. The van der Waals surface area contributed by atoms with Gasteiger partial charge in [0.05, 0.1) is 11.9 Å². The van der Waals surface area contributed by atoms with E-state index in [1.807, 2.05) is 32.0 Å². The van der Waals surface area contributed by atoms with Gasteiger partial charge in [-0.3, -0.25) is 4.79 Å². The molecular weight excluding hydrogens is 358 g/mol. The number of carbonyl (C=O) groups excluding carboxylic acids is 2. The number of nitrogens with zero attached hydrogens (tertiary/aromatic N) is 1. The van der Waals surface area contributed by atoms with E-state index in [1.165, 1.54) is 11.8 Å². The number of benzene rings is 1. The minimum absolute atomic E-state index is 0.379. The van der Waals surface area contributed by atoms with Gasteiger partial charge in [0.2, 0.25) is 11.8 Å². The molecule has 0 aliphatic rings. The highest BCUT2D eigenvalue weighted by Crippen LogP contribution is 2.23. The lowest BCUT2D eigenvalue weighted by molar-refractivity contribution is -0.117. The molecule has 1 atom stereocenters. The molecule has 150 valence electrons. The average molecular weight is 385 g/mol. The van der Waals surface area contributed by atoms with Crippen LogP contribution in [0.1, 0.15) is 38.8 Å². The fourth-order valence-electron chi connectivity index (χ4n) is 2.21. The zero-order valence-corrected chi connectivity index (χ0v) is 17.1. The lowest BCUT2D eigenvalue weighted by Gasteiger charge is -2.21. The molecule has 1 heterocycles. The van der Waals surface area contributed by atoms with Crippen LogP contribution in [-0.2, 0) is 9.53 Å². The molecular formula is C21H27N3O4. The Balaban J connectivity index is 1.91. The van der Waals surface area contributed by atoms with Crippen LogP contribution in [0.15, 0.2) is 36.5 Å². The van der Waals surface area contributed by atoms with Gasteiger partial charge in [-0.2, -0.15) is 0 Å². The standard InChI is InChI=1S/C21H27N3O4/c1-13-7-9-17(11-14(13)2)27-18-10-8-16(12-22-18)24-19(25)15(3)23-20(26)28-21(4,5)6/h7-12,15H,1-6H3,(H,23,26)(H,24,25)/t15-/m1/s1. The predicted molar refractivity (Wildman–Crippen MR) is 108 cm³/mol. The first kappa shape index (κ1) is 21.2. The Bertz CT molecular complexity index is 842. The number of carbonyl (C=O) groups is 2. The molecule has 7 nitrogen and oxygen atoms in total. The van der Waals surface area contributed by atoms with Gasteiger partial charge in [-0.05, 0) is 70.9 Å². The molecule has 0 fully saturated rings. The van der Waals surface area contributed by atoms with Crippen LogP contribution in [0.5, 0.6) is 11.6 Å². The molecule has 0 unspecified atom stereocenters. The number of amides is 2. The summed E-state index contributed by atoms with van der Waals surface area (Å²) in [5.41, 5.74) is 2.19. The summed E-state index contributed by atoms with van der Waals surface area (Å²) in [6.45, 7) is 10.9. The Morgan fingerprint density at radius 1 is 1.07 bits per heavy atom. The van der Waals surface area contributed by atoms with Gasteiger partial charge >= 0.3 is 6.09 Å². The SMILES string of the molecule is Cc1ccc(Oc2ccc(NC(=O)[C@@H](C)NC(=O)OC(C)(C)C)cn2)cc1C. The first-order valence-electron chi connectivity index (χ1n) is 9.05. The third kappa shape index (κ3) is 6.57. The van der Waals surface area contributed by atoms with Crippen molar-refractivity contribution in [3.8, 4) is 11.6 Å². The van der Waals surface area contributed by atoms with Crippen molar-refractivity contribution >= 4 is 17.7 Å². The third-order valence-electron chi connectivity index (χ3n) is 3.83. The number of alkyl carbamates (subject to hydrolysis) is 1. The number of aromatic nitrogens is 1. The fraction of sp³-hybridized carbons (Fsp3) is 0.381. The molecule has 2 rings (SSSR count). The summed E-state index contributed by atoms with van der Waals surface area (Å²) in [6.07, 6.45) is 0.847. The zero-order valence-electron chi connectivity index (χ0n) is 17.1. The molecule has 0 saturated heterocycles. The van der Waals surface area contributed by atoms with Crippen LogP contribution in [0.3, 0.4) is 0 Å². The number of nitrogens with one attached hydrogen (secondary N) is 2. The summed E-state index contributed by atoms with van der Waals surface area (Å²) in [5, 5.41) is 5.18. The summed E-state index contributed by atoms with van der Waals surface area (Å²) in [7, 11) is 0. The van der Waals surface area contributed by atoms with Crippen molar-refractivity contribution in [2.24, 2.45) is 0 Å². The molecule has 2 amide bonds. The van der Waals surface area contributed by atoms with Crippen LogP contribution in [0.4, 0.5) is 10.5 Å². The maximum absolute atomic E-state index is 12.2. The maximum atomic E-state index is 12.2. The van der Waals surface area contributed by atoms with Crippen molar-refractivity contribution in [2.75, 3.05) is 5.32 Å². The summed E-state index contributed by atoms with van der Waals surface area (Å²) in [5.74, 6) is 0.735. The Labute approximate surface area is 165 Å². The minimum atomic E-state index is -0.763. The summed E-state index contributed by atoms with van der Waals surface area (Å²) >= 11 is 0. The van der Waals surface area contributed by atoms with E-state index >= 15 is 0 Å². The van der Waals surface area contributed by atoms with Gasteiger partial charge in [-0.25, -0.2) is 9.78 Å². The van der Waals surface area contributed by atoms with E-state index in [0.29, 0.717) is 17.3 Å². The zero-order chi connectivity index (χ0) is 20.9. The Kier molecular flexibility index (Phi) is 6.62. The lowest BCUT2D eigenvalue weighted by atomic mass is 10.1. The second-order valence-corrected chi connectivity index (χ2v) is 7.59. The lowest BCUT2D eigenvalue weighted by Crippen LogP contribution is -2.43. The highest BCUT2D eigenvalue weighted by molar-refractivity contribution is 5.96. The smallest absolute Gasteiger partial charge is 0.408 e. The molecule has 0 saturated carbocycles. The van der Waals surface area contributed by atoms with Gasteiger partial charge in [0.1, 0.15) is 17.4 Å². The van der Waals surface area contributed by atoms with Crippen molar-refractivity contribution < 1.29 is 19.1 Å². The van der Waals surface area contributed by atoms with Crippen molar-refractivity contribution in [3.05, 3.63) is 47.7 Å². The number of hydrogen-bond donors (Lipinski definition) is 2. The average Bonchev–Trinajstić information content (AvgIpc) is 2.58. The van der Waals surface area contributed by atoms with Crippen LogP contribution in [0, 0.1) is 13.8 Å². The molecule has 2 N–H and O–H groups in total. The van der Waals surface area contributed by atoms with Gasteiger partial charge in [0, 0.05) is 6.07 Å². The topological polar surface area (TPSA) is 89.6 Å². The number of hydrogen-bond acceptors (Lipinski definition) is 5. The van der Waals surface area contributed by atoms with Crippen molar-refractivity contribution in [2.45, 2.75) is 53.2 Å². The van der Waals surface area contributed by atoms with E-state index in [0.717, 1.165) is 5.56 Å². The highest BCUT2D eigenvalue weighted by atomic mass is 16.6. The molecule has 0 aliphatic carbocycles. The minimum Gasteiger partial charge on any atom is -0.444 e. The van der Waals surface area contributed by atoms with Crippen molar-refractivity contribution in [1.82, 2.24) is 10.3 Å². The Morgan fingerprint density at radius 3 is 2.36 bits per heavy atom. The number of pyridine rings is 1.